The van der Waals surface area contributed by atoms with Gasteiger partial charge in [-0.25, -0.2) is 0 Å². The molecule has 102 valence electrons. The third kappa shape index (κ3) is 2.29. The van der Waals surface area contributed by atoms with E-state index in [-0.39, 0.29) is 6.04 Å². The highest BCUT2D eigenvalue weighted by Crippen LogP contribution is 2.48. The molecule has 0 spiro atoms. The minimum Gasteiger partial charge on any atom is -0.341 e. The molecular formula is C15H26N2O. The Hall–Kier alpha value is -0.570. The van der Waals surface area contributed by atoms with E-state index < -0.39 is 0 Å². The number of nitrogens with zero attached hydrogens (tertiary/aromatic N) is 1. The first-order valence-electron chi connectivity index (χ1n) is 7.68. The van der Waals surface area contributed by atoms with E-state index in [1.54, 1.807) is 0 Å². The van der Waals surface area contributed by atoms with Crippen molar-refractivity contribution in [3.63, 3.8) is 0 Å². The number of hydrogen-bond acceptors (Lipinski definition) is 2. The van der Waals surface area contributed by atoms with E-state index in [4.69, 9.17) is 0 Å². The van der Waals surface area contributed by atoms with Crippen LogP contribution < -0.4 is 5.32 Å². The second-order valence-corrected chi connectivity index (χ2v) is 6.88. The van der Waals surface area contributed by atoms with Gasteiger partial charge in [0, 0.05) is 19.1 Å². The van der Waals surface area contributed by atoms with E-state index in [0.717, 1.165) is 37.3 Å². The summed E-state index contributed by atoms with van der Waals surface area (Å²) in [7, 11) is 0. The molecule has 1 heterocycles. The van der Waals surface area contributed by atoms with Gasteiger partial charge in [-0.3, -0.25) is 4.79 Å². The zero-order valence-electron chi connectivity index (χ0n) is 11.7. The number of amides is 1. The third-order valence-corrected chi connectivity index (χ3v) is 5.17. The van der Waals surface area contributed by atoms with E-state index in [1.807, 2.05) is 0 Å². The van der Waals surface area contributed by atoms with E-state index in [2.05, 4.69) is 24.1 Å². The van der Waals surface area contributed by atoms with E-state index >= 15 is 0 Å². The van der Waals surface area contributed by atoms with Crippen LogP contribution in [0.15, 0.2) is 0 Å². The quantitative estimate of drug-likeness (QED) is 0.828. The molecule has 4 unspecified atom stereocenters. The number of carbonyl (C=O) groups is 1. The first-order valence-corrected chi connectivity index (χ1v) is 7.68. The van der Waals surface area contributed by atoms with Crippen LogP contribution in [-0.4, -0.2) is 36.0 Å². The average molecular weight is 250 g/mol. The van der Waals surface area contributed by atoms with Crippen LogP contribution in [0.3, 0.4) is 0 Å². The van der Waals surface area contributed by atoms with Crippen LogP contribution in [-0.2, 0) is 4.79 Å². The van der Waals surface area contributed by atoms with Gasteiger partial charge in [0.25, 0.3) is 0 Å². The van der Waals surface area contributed by atoms with Gasteiger partial charge in [0.1, 0.15) is 0 Å². The van der Waals surface area contributed by atoms with Crippen molar-refractivity contribution in [1.29, 1.82) is 0 Å². The van der Waals surface area contributed by atoms with Gasteiger partial charge >= 0.3 is 0 Å². The molecule has 2 bridgehead atoms. The van der Waals surface area contributed by atoms with Crippen LogP contribution in [0.25, 0.3) is 0 Å². The highest BCUT2D eigenvalue weighted by atomic mass is 16.2. The van der Waals surface area contributed by atoms with Crippen molar-refractivity contribution < 1.29 is 4.79 Å². The highest BCUT2D eigenvalue weighted by molar-refractivity contribution is 5.84. The van der Waals surface area contributed by atoms with Gasteiger partial charge < -0.3 is 10.2 Å². The van der Waals surface area contributed by atoms with Gasteiger partial charge in [-0.05, 0) is 43.4 Å². The fraction of sp³-hybridized carbons (Fsp3) is 0.933. The van der Waals surface area contributed by atoms with Crippen molar-refractivity contribution in [2.45, 2.75) is 58.0 Å². The summed E-state index contributed by atoms with van der Waals surface area (Å²) >= 11 is 0. The Morgan fingerprint density at radius 3 is 2.72 bits per heavy atom. The van der Waals surface area contributed by atoms with E-state index in [0.29, 0.717) is 11.9 Å². The maximum absolute atomic E-state index is 12.3. The molecule has 1 aliphatic heterocycles. The predicted octanol–water partition coefficient (Wildman–Crippen LogP) is 2.02. The Morgan fingerprint density at radius 1 is 1.28 bits per heavy atom. The van der Waals surface area contributed by atoms with E-state index in [1.165, 1.54) is 25.7 Å². The van der Waals surface area contributed by atoms with Gasteiger partial charge in [-0.15, -0.1) is 0 Å². The molecule has 0 radical (unpaired) electrons. The zero-order valence-corrected chi connectivity index (χ0v) is 11.7. The van der Waals surface area contributed by atoms with Crippen molar-refractivity contribution in [1.82, 2.24) is 10.2 Å². The first-order chi connectivity index (χ1) is 8.63. The number of fused-ring (bicyclic) bond motifs is 2. The Morgan fingerprint density at radius 2 is 2.11 bits per heavy atom. The topological polar surface area (TPSA) is 32.3 Å². The highest BCUT2D eigenvalue weighted by Gasteiger charge is 2.42. The normalized spacial score (nSPS) is 39.3. The lowest BCUT2D eigenvalue weighted by Crippen LogP contribution is -2.43. The minimum atomic E-state index is 0.0867. The molecule has 1 saturated heterocycles. The molecule has 4 atom stereocenters. The Kier molecular flexibility index (Phi) is 3.35. The Balaban J connectivity index is 1.53. The maximum atomic E-state index is 12.3. The largest absolute Gasteiger partial charge is 0.341 e. The summed E-state index contributed by atoms with van der Waals surface area (Å²) in [6, 6.07) is 0.491. The van der Waals surface area contributed by atoms with Crippen molar-refractivity contribution in [3.8, 4) is 0 Å². The number of nitrogens with one attached hydrogen (secondary N) is 1. The summed E-state index contributed by atoms with van der Waals surface area (Å²) < 4.78 is 0. The molecule has 0 aromatic heterocycles. The predicted molar refractivity (Wildman–Crippen MR) is 72.2 cm³/mol. The van der Waals surface area contributed by atoms with Crippen LogP contribution in [0.2, 0.25) is 0 Å². The van der Waals surface area contributed by atoms with Gasteiger partial charge in [0.05, 0.1) is 6.04 Å². The first kappa shape index (κ1) is 12.5. The molecule has 0 aromatic carbocycles. The standard InChI is InChI=1S/C15H26N2O/c1-10(2)16-14-5-6-17(15(14)18)9-13-8-11-3-4-12(13)7-11/h10-14,16H,3-9H2,1-2H3. The summed E-state index contributed by atoms with van der Waals surface area (Å²) in [5.41, 5.74) is 0. The fourth-order valence-electron chi connectivity index (χ4n) is 4.36. The lowest BCUT2D eigenvalue weighted by molar-refractivity contribution is -0.130. The number of hydrogen-bond donors (Lipinski definition) is 1. The number of rotatable bonds is 4. The average Bonchev–Trinajstić information content (AvgIpc) is 2.99. The SMILES string of the molecule is CC(C)NC1CCN(CC2CC3CCC2C3)C1=O. The number of carbonyl (C=O) groups excluding carboxylic acids is 1. The number of likely N-dealkylation sites (tertiary alicyclic amines) is 1. The zero-order chi connectivity index (χ0) is 12.7. The van der Waals surface area contributed by atoms with Gasteiger partial charge in [0.15, 0.2) is 0 Å². The summed E-state index contributed by atoms with van der Waals surface area (Å²) in [4.78, 5) is 14.4. The second-order valence-electron chi connectivity index (χ2n) is 6.88. The molecular weight excluding hydrogens is 224 g/mol. The molecule has 2 saturated carbocycles. The molecule has 2 aliphatic carbocycles. The molecule has 3 fully saturated rings. The van der Waals surface area contributed by atoms with Gasteiger partial charge in [-0.2, -0.15) is 0 Å². The van der Waals surface area contributed by atoms with E-state index in [9.17, 15) is 4.79 Å². The smallest absolute Gasteiger partial charge is 0.239 e. The third-order valence-electron chi connectivity index (χ3n) is 5.17. The van der Waals surface area contributed by atoms with Crippen LogP contribution in [0.4, 0.5) is 0 Å². The lowest BCUT2D eigenvalue weighted by Gasteiger charge is -2.27. The van der Waals surface area contributed by atoms with Crippen molar-refractivity contribution in [2.24, 2.45) is 17.8 Å². The molecule has 1 amide bonds. The monoisotopic (exact) mass is 250 g/mol. The minimum absolute atomic E-state index is 0.0867. The molecule has 3 aliphatic rings. The van der Waals surface area contributed by atoms with Gasteiger partial charge in [0.2, 0.25) is 5.91 Å². The molecule has 0 aromatic rings. The fourth-order valence-corrected chi connectivity index (χ4v) is 4.36. The molecule has 1 N–H and O–H groups in total. The molecule has 3 rings (SSSR count). The molecule has 18 heavy (non-hydrogen) atoms. The van der Waals surface area contributed by atoms with Gasteiger partial charge in [-0.1, -0.05) is 20.3 Å². The maximum Gasteiger partial charge on any atom is 0.239 e. The molecule has 3 nitrogen and oxygen atoms in total. The molecule has 3 heteroatoms. The Bertz CT molecular complexity index is 328. The van der Waals surface area contributed by atoms with Crippen LogP contribution >= 0.6 is 0 Å². The summed E-state index contributed by atoms with van der Waals surface area (Å²) in [6.45, 7) is 6.24. The Labute approximate surface area is 110 Å². The summed E-state index contributed by atoms with van der Waals surface area (Å²) in [6.07, 6.45) is 6.70. The van der Waals surface area contributed by atoms with Crippen LogP contribution in [0, 0.1) is 17.8 Å². The summed E-state index contributed by atoms with van der Waals surface area (Å²) in [5, 5.41) is 3.39. The van der Waals surface area contributed by atoms with Crippen molar-refractivity contribution >= 4 is 5.91 Å². The summed E-state index contributed by atoms with van der Waals surface area (Å²) in [5.74, 6) is 3.08. The van der Waals surface area contributed by atoms with Crippen molar-refractivity contribution in [3.05, 3.63) is 0 Å². The lowest BCUT2D eigenvalue weighted by atomic mass is 9.88. The van der Waals surface area contributed by atoms with Crippen LogP contribution in [0.1, 0.15) is 46.0 Å². The van der Waals surface area contributed by atoms with Crippen LogP contribution in [0.5, 0.6) is 0 Å². The van der Waals surface area contributed by atoms with Crippen molar-refractivity contribution in [2.75, 3.05) is 13.1 Å². The second kappa shape index (κ2) is 4.84.